The molecule has 0 spiro atoms. The number of hydrogen-bond acceptors (Lipinski definition) is 5. The van der Waals surface area contributed by atoms with Crippen molar-refractivity contribution >= 4 is 29.1 Å². The van der Waals surface area contributed by atoms with Gasteiger partial charge < -0.3 is 16.0 Å². The molecular formula is C21H18ClF2N5O. The summed E-state index contributed by atoms with van der Waals surface area (Å²) in [5.41, 5.74) is 7.47. The number of amides is 1. The van der Waals surface area contributed by atoms with Gasteiger partial charge in [-0.05, 0) is 23.8 Å². The van der Waals surface area contributed by atoms with E-state index in [9.17, 15) is 13.6 Å². The monoisotopic (exact) mass is 429 g/mol. The molecule has 154 valence electrons. The first-order chi connectivity index (χ1) is 14.4. The summed E-state index contributed by atoms with van der Waals surface area (Å²) in [6.07, 6.45) is 1.74. The molecule has 0 saturated carbocycles. The molecule has 0 bridgehead atoms. The standard InChI is InChI=1S/C21H18ClF2N5O/c22-19-14(15(23)4-5-16(19)24)11-29-7-6-26-20-21(29)28-17(10-27-20)13-3-1-2-12(8-13)9-18(25)30/h1-5,8,10H,6-7,9,11H2,(H2,25,30)(H,26,27). The van der Waals surface area contributed by atoms with Gasteiger partial charge in [0.2, 0.25) is 5.91 Å². The number of nitrogens with one attached hydrogen (secondary N) is 1. The molecule has 4 rings (SSSR count). The van der Waals surface area contributed by atoms with E-state index in [1.807, 2.05) is 24.3 Å². The number of primary amides is 1. The van der Waals surface area contributed by atoms with Crippen molar-refractivity contribution in [3.63, 3.8) is 0 Å². The van der Waals surface area contributed by atoms with E-state index in [2.05, 4.69) is 15.3 Å². The minimum atomic E-state index is -0.672. The summed E-state index contributed by atoms with van der Waals surface area (Å²) in [4.78, 5) is 22.1. The molecule has 1 amide bonds. The van der Waals surface area contributed by atoms with Gasteiger partial charge >= 0.3 is 0 Å². The Balaban J connectivity index is 1.69. The molecule has 0 fully saturated rings. The molecule has 0 aliphatic carbocycles. The van der Waals surface area contributed by atoms with Crippen LogP contribution in [0.5, 0.6) is 0 Å². The van der Waals surface area contributed by atoms with Crippen LogP contribution in [0.25, 0.3) is 11.3 Å². The van der Waals surface area contributed by atoms with Crippen LogP contribution in [0.15, 0.2) is 42.6 Å². The lowest BCUT2D eigenvalue weighted by Crippen LogP contribution is -2.35. The summed E-state index contributed by atoms with van der Waals surface area (Å²) in [5, 5.41) is 2.92. The number of carbonyl (C=O) groups excluding carboxylic acids is 1. The van der Waals surface area contributed by atoms with E-state index < -0.39 is 17.5 Å². The van der Waals surface area contributed by atoms with Crippen LogP contribution in [0.1, 0.15) is 11.1 Å². The van der Waals surface area contributed by atoms with Gasteiger partial charge in [-0.2, -0.15) is 0 Å². The summed E-state index contributed by atoms with van der Waals surface area (Å²) in [6, 6.07) is 9.36. The van der Waals surface area contributed by atoms with Gasteiger partial charge in [-0.3, -0.25) is 4.79 Å². The summed E-state index contributed by atoms with van der Waals surface area (Å²) in [7, 11) is 0. The van der Waals surface area contributed by atoms with Crippen LogP contribution in [-0.4, -0.2) is 29.0 Å². The van der Waals surface area contributed by atoms with Gasteiger partial charge in [0.15, 0.2) is 11.6 Å². The Hall–Kier alpha value is -3.26. The fourth-order valence-corrected chi connectivity index (χ4v) is 3.59. The van der Waals surface area contributed by atoms with Crippen molar-refractivity contribution in [2.75, 3.05) is 23.3 Å². The van der Waals surface area contributed by atoms with Gasteiger partial charge in [-0.1, -0.05) is 29.8 Å². The lowest BCUT2D eigenvalue weighted by Gasteiger charge is -2.30. The van der Waals surface area contributed by atoms with Gasteiger partial charge in [-0.25, -0.2) is 18.7 Å². The zero-order chi connectivity index (χ0) is 21.3. The highest BCUT2D eigenvalue weighted by Crippen LogP contribution is 2.32. The van der Waals surface area contributed by atoms with Gasteiger partial charge in [0.05, 0.1) is 23.3 Å². The second-order valence-electron chi connectivity index (χ2n) is 6.94. The number of hydrogen-bond donors (Lipinski definition) is 2. The second-order valence-corrected chi connectivity index (χ2v) is 7.32. The quantitative estimate of drug-likeness (QED) is 0.606. The molecule has 0 atom stereocenters. The molecule has 0 saturated heterocycles. The molecule has 1 aromatic heterocycles. The van der Waals surface area contributed by atoms with E-state index >= 15 is 0 Å². The number of aromatic nitrogens is 2. The molecule has 9 heteroatoms. The maximum atomic E-state index is 14.3. The third-order valence-electron chi connectivity index (χ3n) is 4.82. The first kappa shape index (κ1) is 20.0. The second kappa shape index (κ2) is 8.23. The summed E-state index contributed by atoms with van der Waals surface area (Å²) < 4.78 is 28.1. The summed E-state index contributed by atoms with van der Waals surface area (Å²) >= 11 is 6.00. The number of nitrogens with zero attached hydrogens (tertiary/aromatic N) is 3. The average molecular weight is 430 g/mol. The molecule has 1 aliphatic heterocycles. The van der Waals surface area contributed by atoms with Crippen LogP contribution in [0.3, 0.4) is 0 Å². The van der Waals surface area contributed by atoms with Crippen molar-refractivity contribution < 1.29 is 13.6 Å². The predicted octanol–water partition coefficient (Wildman–Crippen LogP) is 3.54. The Bertz CT molecular complexity index is 1120. The Morgan fingerprint density at radius 3 is 2.83 bits per heavy atom. The Labute approximate surface area is 176 Å². The number of anilines is 2. The van der Waals surface area contributed by atoms with Crippen LogP contribution in [-0.2, 0) is 17.8 Å². The number of fused-ring (bicyclic) bond motifs is 1. The van der Waals surface area contributed by atoms with Crippen molar-refractivity contribution in [2.24, 2.45) is 5.73 Å². The number of benzene rings is 2. The van der Waals surface area contributed by atoms with Crippen molar-refractivity contribution in [3.05, 3.63) is 70.4 Å². The number of carbonyl (C=O) groups is 1. The number of halogens is 3. The lowest BCUT2D eigenvalue weighted by atomic mass is 10.1. The number of rotatable bonds is 5. The normalized spacial score (nSPS) is 13.0. The molecule has 3 aromatic rings. The van der Waals surface area contributed by atoms with Crippen molar-refractivity contribution in [2.45, 2.75) is 13.0 Å². The van der Waals surface area contributed by atoms with Crippen LogP contribution in [0.4, 0.5) is 20.4 Å². The molecule has 2 aromatic carbocycles. The van der Waals surface area contributed by atoms with Crippen LogP contribution < -0.4 is 16.0 Å². The average Bonchev–Trinajstić information content (AvgIpc) is 2.73. The van der Waals surface area contributed by atoms with E-state index in [4.69, 9.17) is 17.3 Å². The summed E-state index contributed by atoms with van der Waals surface area (Å²) in [6.45, 7) is 1.14. The molecular weight excluding hydrogens is 412 g/mol. The van der Waals surface area contributed by atoms with Gasteiger partial charge in [-0.15, -0.1) is 0 Å². The predicted molar refractivity (Wildman–Crippen MR) is 111 cm³/mol. The highest BCUT2D eigenvalue weighted by atomic mass is 35.5. The van der Waals surface area contributed by atoms with Gasteiger partial charge in [0, 0.05) is 30.8 Å². The van der Waals surface area contributed by atoms with Crippen molar-refractivity contribution in [3.8, 4) is 11.3 Å². The number of nitrogens with two attached hydrogens (primary N) is 1. The maximum Gasteiger partial charge on any atom is 0.221 e. The molecule has 0 radical (unpaired) electrons. The van der Waals surface area contributed by atoms with Crippen molar-refractivity contribution in [1.82, 2.24) is 9.97 Å². The minimum Gasteiger partial charge on any atom is -0.369 e. The van der Waals surface area contributed by atoms with Gasteiger partial charge in [0.25, 0.3) is 0 Å². The van der Waals surface area contributed by atoms with Crippen LogP contribution >= 0.6 is 11.6 Å². The largest absolute Gasteiger partial charge is 0.369 e. The molecule has 0 unspecified atom stereocenters. The van der Waals surface area contributed by atoms with E-state index in [1.54, 1.807) is 11.1 Å². The van der Waals surface area contributed by atoms with E-state index in [-0.39, 0.29) is 23.6 Å². The first-order valence-corrected chi connectivity index (χ1v) is 9.66. The highest BCUT2D eigenvalue weighted by molar-refractivity contribution is 6.31. The zero-order valence-electron chi connectivity index (χ0n) is 15.8. The fourth-order valence-electron chi connectivity index (χ4n) is 3.38. The molecule has 3 N–H and O–H groups in total. The highest BCUT2D eigenvalue weighted by Gasteiger charge is 2.23. The van der Waals surface area contributed by atoms with Crippen LogP contribution in [0.2, 0.25) is 5.02 Å². The Morgan fingerprint density at radius 2 is 2.03 bits per heavy atom. The molecule has 6 nitrogen and oxygen atoms in total. The first-order valence-electron chi connectivity index (χ1n) is 9.28. The van der Waals surface area contributed by atoms with E-state index in [0.717, 1.165) is 23.3 Å². The Kier molecular flexibility index (Phi) is 5.50. The Morgan fingerprint density at radius 1 is 1.23 bits per heavy atom. The van der Waals surface area contributed by atoms with Gasteiger partial charge in [0.1, 0.15) is 11.6 Å². The lowest BCUT2D eigenvalue weighted by molar-refractivity contribution is -0.117. The molecule has 1 aliphatic rings. The summed E-state index contributed by atoms with van der Waals surface area (Å²) in [5.74, 6) is -0.614. The third-order valence-corrected chi connectivity index (χ3v) is 5.23. The van der Waals surface area contributed by atoms with E-state index in [1.165, 1.54) is 0 Å². The SMILES string of the molecule is NC(=O)Cc1cccc(-c2cnc3c(n2)N(Cc2c(F)ccc(F)c2Cl)CCN3)c1. The zero-order valence-corrected chi connectivity index (χ0v) is 16.6. The van der Waals surface area contributed by atoms with Crippen molar-refractivity contribution in [1.29, 1.82) is 0 Å². The van der Waals surface area contributed by atoms with E-state index in [0.29, 0.717) is 30.4 Å². The topological polar surface area (TPSA) is 84.1 Å². The molecule has 2 heterocycles. The minimum absolute atomic E-state index is 0.0525. The fraction of sp³-hybridized carbons (Fsp3) is 0.190. The third kappa shape index (κ3) is 4.04. The molecule has 30 heavy (non-hydrogen) atoms. The smallest absolute Gasteiger partial charge is 0.221 e. The maximum absolute atomic E-state index is 14.3. The van der Waals surface area contributed by atoms with Crippen LogP contribution in [0, 0.1) is 11.6 Å².